The number of hydrogen-bond donors (Lipinski definition) is 1. The third-order valence-electron chi connectivity index (χ3n) is 2.08. The molecule has 0 spiro atoms. The van der Waals surface area contributed by atoms with E-state index < -0.39 is 0 Å². The van der Waals surface area contributed by atoms with Crippen molar-refractivity contribution in [2.24, 2.45) is 5.73 Å². The Balaban J connectivity index is 2.59. The van der Waals surface area contributed by atoms with E-state index in [-0.39, 0.29) is 12.1 Å². The Bertz CT molecular complexity index is 253. The first-order chi connectivity index (χ1) is 6.09. The highest BCUT2D eigenvalue weighted by Gasteiger charge is 2.08. The first-order valence-corrected chi connectivity index (χ1v) is 4.58. The smallest absolute Gasteiger partial charge is 0.119 e. The van der Waals surface area contributed by atoms with Gasteiger partial charge in [-0.25, -0.2) is 0 Å². The molecule has 0 amide bonds. The number of aryl methyl sites for hydroxylation is 1. The molecule has 0 radical (unpaired) electrons. The molecule has 2 nitrogen and oxygen atoms in total. The van der Waals surface area contributed by atoms with Crippen molar-refractivity contribution in [3.8, 4) is 5.75 Å². The molecule has 13 heavy (non-hydrogen) atoms. The third kappa shape index (κ3) is 3.07. The SMILES string of the molecule is Cc1ccc(OC(C)[C@@H](C)N)cc1. The van der Waals surface area contributed by atoms with E-state index in [1.165, 1.54) is 5.56 Å². The molecule has 2 atom stereocenters. The molecular weight excluding hydrogens is 162 g/mol. The van der Waals surface area contributed by atoms with Crippen LogP contribution in [0.4, 0.5) is 0 Å². The summed E-state index contributed by atoms with van der Waals surface area (Å²) in [6, 6.07) is 8.05. The molecule has 1 unspecified atom stereocenters. The maximum atomic E-state index is 5.69. The van der Waals surface area contributed by atoms with Gasteiger partial charge in [0.25, 0.3) is 0 Å². The van der Waals surface area contributed by atoms with Crippen molar-refractivity contribution in [1.82, 2.24) is 0 Å². The van der Waals surface area contributed by atoms with Crippen molar-refractivity contribution < 1.29 is 4.74 Å². The molecule has 72 valence electrons. The largest absolute Gasteiger partial charge is 0.489 e. The standard InChI is InChI=1S/C11H17NO/c1-8-4-6-11(7-5-8)13-10(3)9(2)12/h4-7,9-10H,12H2,1-3H3/t9-,10?/m1/s1. The Kier molecular flexibility index (Phi) is 3.32. The van der Waals surface area contributed by atoms with Crippen LogP contribution >= 0.6 is 0 Å². The van der Waals surface area contributed by atoms with Crippen molar-refractivity contribution in [1.29, 1.82) is 0 Å². The second-order valence-corrected chi connectivity index (χ2v) is 3.50. The average molecular weight is 179 g/mol. The second kappa shape index (κ2) is 4.28. The van der Waals surface area contributed by atoms with Crippen molar-refractivity contribution in [3.05, 3.63) is 29.8 Å². The minimum absolute atomic E-state index is 0.0568. The Morgan fingerprint density at radius 1 is 1.15 bits per heavy atom. The summed E-state index contributed by atoms with van der Waals surface area (Å²) in [5, 5.41) is 0. The lowest BCUT2D eigenvalue weighted by Crippen LogP contribution is -2.33. The molecule has 1 aromatic carbocycles. The van der Waals surface area contributed by atoms with Gasteiger partial charge in [-0.05, 0) is 32.9 Å². The summed E-state index contributed by atoms with van der Waals surface area (Å²) in [6.45, 7) is 5.97. The van der Waals surface area contributed by atoms with Crippen LogP contribution in [0.1, 0.15) is 19.4 Å². The van der Waals surface area contributed by atoms with Crippen LogP contribution < -0.4 is 10.5 Å². The van der Waals surface area contributed by atoms with Gasteiger partial charge in [-0.15, -0.1) is 0 Å². The summed E-state index contributed by atoms with van der Waals surface area (Å²) in [6.07, 6.45) is 0.0581. The topological polar surface area (TPSA) is 35.2 Å². The lowest BCUT2D eigenvalue weighted by atomic mass is 10.2. The zero-order chi connectivity index (χ0) is 9.84. The summed E-state index contributed by atoms with van der Waals surface area (Å²) >= 11 is 0. The highest BCUT2D eigenvalue weighted by molar-refractivity contribution is 5.26. The molecule has 0 saturated heterocycles. The number of nitrogens with two attached hydrogens (primary N) is 1. The predicted molar refractivity (Wildman–Crippen MR) is 54.9 cm³/mol. The van der Waals surface area contributed by atoms with Crippen LogP contribution in [0.25, 0.3) is 0 Å². The van der Waals surface area contributed by atoms with Gasteiger partial charge in [0.1, 0.15) is 11.9 Å². The van der Waals surface area contributed by atoms with Crippen LogP contribution in [0.2, 0.25) is 0 Å². The van der Waals surface area contributed by atoms with Crippen LogP contribution in [-0.2, 0) is 0 Å². The normalized spacial score (nSPS) is 15.1. The fraction of sp³-hybridized carbons (Fsp3) is 0.455. The van der Waals surface area contributed by atoms with Crippen molar-refractivity contribution in [3.63, 3.8) is 0 Å². The molecule has 1 rings (SSSR count). The monoisotopic (exact) mass is 179 g/mol. The third-order valence-corrected chi connectivity index (χ3v) is 2.08. The molecule has 0 aliphatic carbocycles. The fourth-order valence-electron chi connectivity index (χ4n) is 0.939. The average Bonchev–Trinajstić information content (AvgIpc) is 2.08. The minimum atomic E-state index is 0.0568. The molecule has 0 aliphatic rings. The molecular formula is C11H17NO. The minimum Gasteiger partial charge on any atom is -0.489 e. The fourth-order valence-corrected chi connectivity index (χ4v) is 0.939. The van der Waals surface area contributed by atoms with Crippen molar-refractivity contribution in [2.45, 2.75) is 32.9 Å². The van der Waals surface area contributed by atoms with Gasteiger partial charge in [0.15, 0.2) is 0 Å². The summed E-state index contributed by atoms with van der Waals surface area (Å²) in [5.74, 6) is 0.885. The molecule has 0 bridgehead atoms. The van der Waals surface area contributed by atoms with E-state index in [1.54, 1.807) is 0 Å². The number of rotatable bonds is 3. The zero-order valence-electron chi connectivity index (χ0n) is 8.45. The van der Waals surface area contributed by atoms with Gasteiger partial charge in [0.2, 0.25) is 0 Å². The Morgan fingerprint density at radius 3 is 2.15 bits per heavy atom. The summed E-state index contributed by atoms with van der Waals surface area (Å²) in [4.78, 5) is 0. The van der Waals surface area contributed by atoms with Gasteiger partial charge in [0, 0.05) is 6.04 Å². The van der Waals surface area contributed by atoms with E-state index in [1.807, 2.05) is 38.1 Å². The van der Waals surface area contributed by atoms with Crippen LogP contribution in [0.15, 0.2) is 24.3 Å². The van der Waals surface area contributed by atoms with E-state index in [0.29, 0.717) is 0 Å². The molecule has 0 aromatic heterocycles. The molecule has 2 N–H and O–H groups in total. The molecule has 2 heteroatoms. The van der Waals surface area contributed by atoms with E-state index in [2.05, 4.69) is 6.92 Å². The van der Waals surface area contributed by atoms with Gasteiger partial charge in [0.05, 0.1) is 0 Å². The lowest BCUT2D eigenvalue weighted by molar-refractivity contribution is 0.196. The first-order valence-electron chi connectivity index (χ1n) is 4.58. The molecule has 0 saturated carbocycles. The van der Waals surface area contributed by atoms with Crippen LogP contribution in [0, 0.1) is 6.92 Å². The molecule has 0 fully saturated rings. The highest BCUT2D eigenvalue weighted by atomic mass is 16.5. The maximum Gasteiger partial charge on any atom is 0.119 e. The van der Waals surface area contributed by atoms with Crippen molar-refractivity contribution in [2.75, 3.05) is 0 Å². The Morgan fingerprint density at radius 2 is 1.69 bits per heavy atom. The Hall–Kier alpha value is -1.02. The molecule has 1 aromatic rings. The second-order valence-electron chi connectivity index (χ2n) is 3.50. The summed E-state index contributed by atoms with van der Waals surface area (Å²) < 4.78 is 5.61. The highest BCUT2D eigenvalue weighted by Crippen LogP contribution is 2.13. The molecule has 0 heterocycles. The number of benzene rings is 1. The summed E-state index contributed by atoms with van der Waals surface area (Å²) in [5.41, 5.74) is 6.93. The quantitative estimate of drug-likeness (QED) is 0.771. The number of ether oxygens (including phenoxy) is 1. The van der Waals surface area contributed by atoms with Crippen LogP contribution in [0.3, 0.4) is 0 Å². The zero-order valence-corrected chi connectivity index (χ0v) is 8.45. The van der Waals surface area contributed by atoms with Gasteiger partial charge < -0.3 is 10.5 Å². The van der Waals surface area contributed by atoms with Crippen LogP contribution in [0.5, 0.6) is 5.75 Å². The van der Waals surface area contributed by atoms with E-state index in [9.17, 15) is 0 Å². The van der Waals surface area contributed by atoms with Crippen molar-refractivity contribution >= 4 is 0 Å². The van der Waals surface area contributed by atoms with Gasteiger partial charge in [-0.1, -0.05) is 17.7 Å². The van der Waals surface area contributed by atoms with Crippen LogP contribution in [-0.4, -0.2) is 12.1 Å². The predicted octanol–water partition coefficient (Wildman–Crippen LogP) is 2.11. The lowest BCUT2D eigenvalue weighted by Gasteiger charge is -2.17. The van der Waals surface area contributed by atoms with Gasteiger partial charge >= 0.3 is 0 Å². The summed E-state index contributed by atoms with van der Waals surface area (Å²) in [7, 11) is 0. The van der Waals surface area contributed by atoms with Gasteiger partial charge in [-0.2, -0.15) is 0 Å². The Labute approximate surface area is 79.7 Å². The van der Waals surface area contributed by atoms with E-state index >= 15 is 0 Å². The van der Waals surface area contributed by atoms with Gasteiger partial charge in [-0.3, -0.25) is 0 Å². The number of hydrogen-bond acceptors (Lipinski definition) is 2. The molecule has 0 aliphatic heterocycles. The maximum absolute atomic E-state index is 5.69. The van der Waals surface area contributed by atoms with E-state index in [4.69, 9.17) is 10.5 Å². The first kappa shape index (κ1) is 10.1. The van der Waals surface area contributed by atoms with E-state index in [0.717, 1.165) is 5.75 Å².